The Hall–Kier alpha value is -1.20. The van der Waals surface area contributed by atoms with E-state index in [1.165, 1.54) is 12.8 Å². The largest absolute Gasteiger partial charge is 0.481 e. The number of unbranched alkanes of at least 4 members (excludes halogenated alkanes) is 5. The lowest BCUT2D eigenvalue weighted by Gasteiger charge is -2.25. The van der Waals surface area contributed by atoms with Crippen molar-refractivity contribution in [2.75, 3.05) is 0 Å². The topological polar surface area (TPSA) is 94.8 Å². The minimum Gasteiger partial charge on any atom is -0.481 e. The number of aliphatic hydroxyl groups is 2. The molecule has 5 heteroatoms. The zero-order chi connectivity index (χ0) is 18.7. The average Bonchev–Trinajstić information content (AvgIpc) is 2.83. The van der Waals surface area contributed by atoms with Gasteiger partial charge in [-0.1, -0.05) is 51.2 Å². The second-order valence-electron chi connectivity index (χ2n) is 7.18. The molecule has 1 unspecified atom stereocenters. The van der Waals surface area contributed by atoms with Crippen LogP contribution in [0.5, 0.6) is 0 Å². The van der Waals surface area contributed by atoms with E-state index in [0.717, 1.165) is 19.3 Å². The smallest absolute Gasteiger partial charge is 0.303 e. The number of carbonyl (C=O) groups excluding carboxylic acids is 1. The van der Waals surface area contributed by atoms with Crippen LogP contribution in [0.15, 0.2) is 12.2 Å². The van der Waals surface area contributed by atoms with Gasteiger partial charge in [0.2, 0.25) is 0 Å². The number of carboxylic acids is 1. The molecule has 1 aliphatic carbocycles. The van der Waals surface area contributed by atoms with Crippen molar-refractivity contribution in [1.29, 1.82) is 0 Å². The standard InChI is InChI=1S/C20H34O5/c1-2-3-4-5-9-12-16(21)20-15(17(22)14-18(20)23)11-8-6-7-10-13-19(24)25/h6,8,15-16,18,20-21,23H,2-5,7,9-14H2,1H3,(H,24,25)/b8-6-/t15-,16+,18?,20+/m1/s1. The van der Waals surface area contributed by atoms with Crippen molar-refractivity contribution < 1.29 is 24.9 Å². The Kier molecular flexibility index (Phi) is 10.7. The Labute approximate surface area is 151 Å². The molecule has 0 heterocycles. The van der Waals surface area contributed by atoms with Gasteiger partial charge >= 0.3 is 5.97 Å². The maximum absolute atomic E-state index is 12.1. The summed E-state index contributed by atoms with van der Waals surface area (Å²) in [6, 6.07) is 0. The highest BCUT2D eigenvalue weighted by molar-refractivity contribution is 5.84. The lowest BCUT2D eigenvalue weighted by Crippen LogP contribution is -2.32. The molecule has 1 fully saturated rings. The molecular weight excluding hydrogens is 320 g/mol. The van der Waals surface area contributed by atoms with E-state index in [-0.39, 0.29) is 30.5 Å². The van der Waals surface area contributed by atoms with E-state index < -0.39 is 18.2 Å². The van der Waals surface area contributed by atoms with Crippen LogP contribution in [0.2, 0.25) is 0 Å². The zero-order valence-corrected chi connectivity index (χ0v) is 15.4. The van der Waals surface area contributed by atoms with Crippen molar-refractivity contribution in [1.82, 2.24) is 0 Å². The van der Waals surface area contributed by atoms with Crippen LogP contribution in [-0.2, 0) is 9.59 Å². The number of hydrogen-bond acceptors (Lipinski definition) is 4. The molecule has 0 aromatic rings. The molecule has 4 atom stereocenters. The van der Waals surface area contributed by atoms with Crippen molar-refractivity contribution in [3.05, 3.63) is 12.2 Å². The van der Waals surface area contributed by atoms with Crippen LogP contribution in [0.4, 0.5) is 0 Å². The van der Waals surface area contributed by atoms with Crippen molar-refractivity contribution in [2.24, 2.45) is 11.8 Å². The van der Waals surface area contributed by atoms with Crippen molar-refractivity contribution >= 4 is 11.8 Å². The number of rotatable bonds is 13. The molecule has 0 bridgehead atoms. The molecule has 0 amide bonds. The van der Waals surface area contributed by atoms with Gasteiger partial charge in [0.1, 0.15) is 5.78 Å². The van der Waals surface area contributed by atoms with Gasteiger partial charge in [-0.15, -0.1) is 0 Å². The fraction of sp³-hybridized carbons (Fsp3) is 0.800. The molecule has 3 N–H and O–H groups in total. The first-order chi connectivity index (χ1) is 12.0. The van der Waals surface area contributed by atoms with E-state index in [1.54, 1.807) is 0 Å². The zero-order valence-electron chi connectivity index (χ0n) is 15.4. The molecule has 0 aliphatic heterocycles. The molecule has 0 aromatic carbocycles. The summed E-state index contributed by atoms with van der Waals surface area (Å²) >= 11 is 0. The van der Waals surface area contributed by atoms with Crippen LogP contribution in [0.3, 0.4) is 0 Å². The van der Waals surface area contributed by atoms with Crippen molar-refractivity contribution in [3.63, 3.8) is 0 Å². The van der Waals surface area contributed by atoms with Crippen molar-refractivity contribution in [3.8, 4) is 0 Å². The van der Waals surface area contributed by atoms with Gasteiger partial charge in [-0.2, -0.15) is 0 Å². The molecule has 1 saturated carbocycles. The van der Waals surface area contributed by atoms with Crippen LogP contribution >= 0.6 is 0 Å². The summed E-state index contributed by atoms with van der Waals surface area (Å²) in [6.45, 7) is 2.16. The number of Topliss-reactive ketones (excluding diaryl/α,β-unsaturated/α-hetero) is 1. The molecule has 144 valence electrons. The third-order valence-corrected chi connectivity index (χ3v) is 5.10. The maximum Gasteiger partial charge on any atom is 0.303 e. The van der Waals surface area contributed by atoms with E-state index in [4.69, 9.17) is 5.11 Å². The fourth-order valence-electron chi connectivity index (χ4n) is 3.67. The summed E-state index contributed by atoms with van der Waals surface area (Å²) < 4.78 is 0. The molecule has 0 spiro atoms. The quantitative estimate of drug-likeness (QED) is 0.348. The van der Waals surface area contributed by atoms with E-state index in [2.05, 4.69) is 6.92 Å². The van der Waals surface area contributed by atoms with Crippen LogP contribution < -0.4 is 0 Å². The monoisotopic (exact) mass is 354 g/mol. The van der Waals surface area contributed by atoms with Crippen molar-refractivity contribution in [2.45, 2.75) is 89.8 Å². The second-order valence-corrected chi connectivity index (χ2v) is 7.18. The Morgan fingerprint density at radius 3 is 2.60 bits per heavy atom. The van der Waals surface area contributed by atoms with Gasteiger partial charge in [-0.05, 0) is 25.7 Å². The lowest BCUT2D eigenvalue weighted by molar-refractivity contribution is -0.137. The van der Waals surface area contributed by atoms with E-state index in [1.807, 2.05) is 12.2 Å². The molecule has 0 radical (unpaired) electrons. The summed E-state index contributed by atoms with van der Waals surface area (Å²) in [4.78, 5) is 22.6. The molecule has 0 aromatic heterocycles. The van der Waals surface area contributed by atoms with Gasteiger partial charge in [0.15, 0.2) is 0 Å². The first-order valence-electron chi connectivity index (χ1n) is 9.73. The molecule has 1 aliphatic rings. The third-order valence-electron chi connectivity index (χ3n) is 5.10. The number of ketones is 1. The third kappa shape index (κ3) is 8.15. The summed E-state index contributed by atoms with van der Waals surface area (Å²) in [5, 5.41) is 29.2. The lowest BCUT2D eigenvalue weighted by atomic mass is 9.84. The Bertz CT molecular complexity index is 432. The first kappa shape index (κ1) is 21.8. The van der Waals surface area contributed by atoms with Crippen LogP contribution in [0.1, 0.15) is 77.6 Å². The van der Waals surface area contributed by atoms with Crippen LogP contribution in [-0.4, -0.2) is 39.3 Å². The highest BCUT2D eigenvalue weighted by Crippen LogP contribution is 2.36. The number of allylic oxidation sites excluding steroid dienone is 2. The fourth-order valence-corrected chi connectivity index (χ4v) is 3.67. The Morgan fingerprint density at radius 2 is 1.92 bits per heavy atom. The number of aliphatic hydroxyl groups excluding tert-OH is 2. The molecule has 25 heavy (non-hydrogen) atoms. The normalized spacial score (nSPS) is 24.9. The van der Waals surface area contributed by atoms with Gasteiger partial charge in [0.25, 0.3) is 0 Å². The summed E-state index contributed by atoms with van der Waals surface area (Å²) in [6.07, 6.45) is 10.6. The van der Waals surface area contributed by atoms with E-state index in [0.29, 0.717) is 25.7 Å². The number of hydrogen-bond donors (Lipinski definition) is 3. The van der Waals surface area contributed by atoms with Gasteiger partial charge in [-0.3, -0.25) is 9.59 Å². The number of aliphatic carboxylic acids is 1. The van der Waals surface area contributed by atoms with Gasteiger partial charge < -0.3 is 15.3 Å². The SMILES string of the molecule is CCCCCCC[C@H](O)[C@H]1C(O)CC(=O)[C@H]1C/C=C\CCCC(=O)O. The Morgan fingerprint density at radius 1 is 1.20 bits per heavy atom. The maximum atomic E-state index is 12.1. The van der Waals surface area contributed by atoms with Crippen LogP contribution in [0, 0.1) is 11.8 Å². The summed E-state index contributed by atoms with van der Waals surface area (Å²) in [5.74, 6) is -1.47. The van der Waals surface area contributed by atoms with E-state index >= 15 is 0 Å². The highest BCUT2D eigenvalue weighted by atomic mass is 16.4. The number of carboxylic acid groups (broad SMARTS) is 1. The minimum atomic E-state index is -0.801. The van der Waals surface area contributed by atoms with Gasteiger partial charge in [0.05, 0.1) is 12.2 Å². The minimum absolute atomic E-state index is 0.0257. The average molecular weight is 354 g/mol. The molecule has 1 rings (SSSR count). The van der Waals surface area contributed by atoms with E-state index in [9.17, 15) is 19.8 Å². The van der Waals surface area contributed by atoms with Crippen LogP contribution in [0.25, 0.3) is 0 Å². The second kappa shape index (κ2) is 12.2. The summed E-state index contributed by atoms with van der Waals surface area (Å²) in [5.41, 5.74) is 0. The predicted molar refractivity (Wildman–Crippen MR) is 97.2 cm³/mol. The Balaban J connectivity index is 2.42. The summed E-state index contributed by atoms with van der Waals surface area (Å²) in [7, 11) is 0. The molecular formula is C20H34O5. The predicted octanol–water partition coefficient (Wildman–Crippen LogP) is 3.48. The first-order valence-corrected chi connectivity index (χ1v) is 9.73. The van der Waals surface area contributed by atoms with Gasteiger partial charge in [0, 0.05) is 24.7 Å². The number of carbonyl (C=O) groups is 2. The molecule has 5 nitrogen and oxygen atoms in total. The van der Waals surface area contributed by atoms with Gasteiger partial charge in [-0.25, -0.2) is 0 Å². The molecule has 0 saturated heterocycles. The highest BCUT2D eigenvalue weighted by Gasteiger charge is 2.44.